The zero-order chi connectivity index (χ0) is 15.5. The lowest BCUT2D eigenvalue weighted by molar-refractivity contribution is 0.600. The Bertz CT molecular complexity index is 813. The van der Waals surface area contributed by atoms with Crippen LogP contribution in [0.2, 0.25) is 0 Å². The Labute approximate surface area is 124 Å². The van der Waals surface area contributed by atoms with Crippen molar-refractivity contribution in [3.05, 3.63) is 41.6 Å². The minimum Gasteiger partial charge on any atom is -0.320 e. The second-order valence-electron chi connectivity index (χ2n) is 4.40. The Morgan fingerprint density at radius 2 is 2.10 bits per heavy atom. The van der Waals surface area contributed by atoms with Crippen molar-refractivity contribution < 1.29 is 8.42 Å². The van der Waals surface area contributed by atoms with Crippen LogP contribution in [0, 0.1) is 18.8 Å². The topological polar surface area (TPSA) is 90.0 Å². The summed E-state index contributed by atoms with van der Waals surface area (Å²) in [4.78, 5) is 0.116. The van der Waals surface area contributed by atoms with Crippen molar-refractivity contribution in [3.63, 3.8) is 0 Å². The molecular formula is C14H16N4O2S. The summed E-state index contributed by atoms with van der Waals surface area (Å²) in [6, 6.07) is 8.19. The first-order chi connectivity index (χ1) is 9.94. The van der Waals surface area contributed by atoms with E-state index in [0.717, 1.165) is 5.69 Å². The van der Waals surface area contributed by atoms with Gasteiger partial charge in [-0.1, -0.05) is 24.0 Å². The van der Waals surface area contributed by atoms with Crippen LogP contribution < -0.4 is 10.5 Å². The number of rotatable bonds is 3. The quantitative estimate of drug-likeness (QED) is 0.822. The summed E-state index contributed by atoms with van der Waals surface area (Å²) in [6.45, 7) is 1.96. The van der Waals surface area contributed by atoms with Gasteiger partial charge in [0.05, 0.1) is 12.2 Å². The standard InChI is InChI=1S/C14H16N4O2S/c1-11-10-14(18(2)16-11)17-21(19,20)13-8-4-3-6-12(13)7-5-9-15/h3-4,6,8,10,17H,9,15H2,1-2H3. The third-order valence-electron chi connectivity index (χ3n) is 2.74. The van der Waals surface area contributed by atoms with Crippen molar-refractivity contribution in [2.45, 2.75) is 11.8 Å². The van der Waals surface area contributed by atoms with Crippen LogP contribution in [0.4, 0.5) is 5.82 Å². The highest BCUT2D eigenvalue weighted by atomic mass is 32.2. The van der Waals surface area contributed by atoms with Crippen molar-refractivity contribution >= 4 is 15.8 Å². The molecular weight excluding hydrogens is 288 g/mol. The van der Waals surface area contributed by atoms with Gasteiger partial charge in [0.25, 0.3) is 10.0 Å². The lowest BCUT2D eigenvalue weighted by Gasteiger charge is -2.09. The molecule has 1 aromatic heterocycles. The molecule has 6 nitrogen and oxygen atoms in total. The maximum Gasteiger partial charge on any atom is 0.264 e. The molecule has 7 heteroatoms. The highest BCUT2D eigenvalue weighted by molar-refractivity contribution is 7.92. The number of nitrogens with two attached hydrogens (primary N) is 1. The molecule has 3 N–H and O–H groups in total. The number of nitrogens with one attached hydrogen (secondary N) is 1. The SMILES string of the molecule is Cc1cc(NS(=O)(=O)c2ccccc2C#CCN)n(C)n1. The minimum atomic E-state index is -3.74. The lowest BCUT2D eigenvalue weighted by Crippen LogP contribution is -2.16. The molecule has 0 aliphatic rings. The number of anilines is 1. The van der Waals surface area contributed by atoms with E-state index < -0.39 is 10.0 Å². The number of aromatic nitrogens is 2. The average Bonchev–Trinajstić information content (AvgIpc) is 2.74. The van der Waals surface area contributed by atoms with Crippen LogP contribution in [0.1, 0.15) is 11.3 Å². The molecule has 0 amide bonds. The van der Waals surface area contributed by atoms with Crippen LogP contribution in [0.25, 0.3) is 0 Å². The average molecular weight is 304 g/mol. The number of hydrogen-bond donors (Lipinski definition) is 2. The Morgan fingerprint density at radius 1 is 1.38 bits per heavy atom. The Kier molecular flexibility index (Phi) is 4.31. The monoisotopic (exact) mass is 304 g/mol. The fraction of sp³-hybridized carbons (Fsp3) is 0.214. The molecule has 0 unspecified atom stereocenters. The molecule has 1 heterocycles. The maximum absolute atomic E-state index is 12.5. The fourth-order valence-corrected chi connectivity index (χ4v) is 3.09. The molecule has 0 spiro atoms. The van der Waals surface area contributed by atoms with Crippen LogP contribution in [0.15, 0.2) is 35.2 Å². The summed E-state index contributed by atoms with van der Waals surface area (Å²) in [5.74, 6) is 5.83. The Hall–Kier alpha value is -2.30. The van der Waals surface area contributed by atoms with Crippen molar-refractivity contribution in [2.24, 2.45) is 12.8 Å². The highest BCUT2D eigenvalue weighted by Crippen LogP contribution is 2.19. The second kappa shape index (κ2) is 5.99. The number of aryl methyl sites for hydroxylation is 2. The van der Waals surface area contributed by atoms with E-state index in [1.165, 1.54) is 10.7 Å². The predicted octanol–water partition coefficient (Wildman–Crippen LogP) is 0.840. The van der Waals surface area contributed by atoms with Gasteiger partial charge in [-0.15, -0.1) is 0 Å². The normalized spacial score (nSPS) is 10.8. The van der Waals surface area contributed by atoms with E-state index in [1.54, 1.807) is 38.2 Å². The van der Waals surface area contributed by atoms with Crippen LogP contribution in [-0.2, 0) is 17.1 Å². The summed E-state index contributed by atoms with van der Waals surface area (Å²) in [7, 11) is -2.07. The van der Waals surface area contributed by atoms with E-state index in [1.807, 2.05) is 0 Å². The van der Waals surface area contributed by atoms with Crippen molar-refractivity contribution in [1.82, 2.24) is 9.78 Å². The minimum absolute atomic E-state index is 0.116. The Morgan fingerprint density at radius 3 is 2.71 bits per heavy atom. The molecule has 0 saturated carbocycles. The van der Waals surface area contributed by atoms with E-state index in [4.69, 9.17) is 5.73 Å². The van der Waals surface area contributed by atoms with E-state index >= 15 is 0 Å². The third-order valence-corrected chi connectivity index (χ3v) is 4.16. The van der Waals surface area contributed by atoms with Gasteiger partial charge in [-0.2, -0.15) is 5.10 Å². The van der Waals surface area contributed by atoms with Gasteiger partial charge in [-0.3, -0.25) is 9.40 Å². The second-order valence-corrected chi connectivity index (χ2v) is 6.05. The van der Waals surface area contributed by atoms with E-state index in [9.17, 15) is 8.42 Å². The number of sulfonamides is 1. The summed E-state index contributed by atoms with van der Waals surface area (Å²) in [5, 5.41) is 4.11. The zero-order valence-corrected chi connectivity index (χ0v) is 12.6. The first kappa shape index (κ1) is 15.1. The molecule has 0 bridgehead atoms. The van der Waals surface area contributed by atoms with Gasteiger partial charge in [-0.05, 0) is 19.1 Å². The molecule has 0 aliphatic carbocycles. The van der Waals surface area contributed by atoms with Crippen molar-refractivity contribution in [1.29, 1.82) is 0 Å². The molecule has 21 heavy (non-hydrogen) atoms. The summed E-state index contributed by atoms with van der Waals surface area (Å²) >= 11 is 0. The number of nitrogens with zero attached hydrogens (tertiary/aromatic N) is 2. The van der Waals surface area contributed by atoms with E-state index in [2.05, 4.69) is 21.7 Å². The summed E-state index contributed by atoms with van der Waals surface area (Å²) < 4.78 is 29.0. The summed E-state index contributed by atoms with van der Waals surface area (Å²) in [6.07, 6.45) is 0. The highest BCUT2D eigenvalue weighted by Gasteiger charge is 2.19. The number of hydrogen-bond acceptors (Lipinski definition) is 4. The molecule has 2 aromatic rings. The molecule has 1 aromatic carbocycles. The van der Waals surface area contributed by atoms with Gasteiger partial charge >= 0.3 is 0 Å². The lowest BCUT2D eigenvalue weighted by atomic mass is 10.2. The van der Waals surface area contributed by atoms with Crippen molar-refractivity contribution in [3.8, 4) is 11.8 Å². The van der Waals surface area contributed by atoms with Gasteiger partial charge in [-0.25, -0.2) is 8.42 Å². The predicted molar refractivity (Wildman–Crippen MR) is 81.1 cm³/mol. The van der Waals surface area contributed by atoms with E-state index in [0.29, 0.717) is 11.4 Å². The van der Waals surface area contributed by atoms with Crippen LogP contribution in [0.3, 0.4) is 0 Å². The molecule has 0 saturated heterocycles. The largest absolute Gasteiger partial charge is 0.320 e. The van der Waals surface area contributed by atoms with Crippen LogP contribution in [-0.4, -0.2) is 24.7 Å². The first-order valence-electron chi connectivity index (χ1n) is 6.25. The van der Waals surface area contributed by atoms with E-state index in [-0.39, 0.29) is 11.4 Å². The smallest absolute Gasteiger partial charge is 0.264 e. The summed E-state index contributed by atoms with van der Waals surface area (Å²) in [5.41, 5.74) is 6.47. The fourth-order valence-electron chi connectivity index (χ4n) is 1.85. The molecule has 0 aliphatic heterocycles. The molecule has 0 atom stereocenters. The maximum atomic E-state index is 12.5. The van der Waals surface area contributed by atoms with Gasteiger partial charge in [0.15, 0.2) is 0 Å². The van der Waals surface area contributed by atoms with Gasteiger partial charge in [0, 0.05) is 18.7 Å². The zero-order valence-electron chi connectivity index (χ0n) is 11.8. The Balaban J connectivity index is 2.43. The molecule has 0 fully saturated rings. The first-order valence-corrected chi connectivity index (χ1v) is 7.74. The third kappa shape index (κ3) is 3.42. The van der Waals surface area contributed by atoms with Crippen molar-refractivity contribution in [2.75, 3.05) is 11.3 Å². The molecule has 0 radical (unpaired) electrons. The number of benzene rings is 1. The van der Waals surface area contributed by atoms with Crippen LogP contribution >= 0.6 is 0 Å². The van der Waals surface area contributed by atoms with Gasteiger partial charge in [0.2, 0.25) is 0 Å². The molecule has 2 rings (SSSR count). The molecule has 110 valence electrons. The van der Waals surface area contributed by atoms with Gasteiger partial charge in [0.1, 0.15) is 10.7 Å². The van der Waals surface area contributed by atoms with Crippen LogP contribution in [0.5, 0.6) is 0 Å². The van der Waals surface area contributed by atoms with Gasteiger partial charge < -0.3 is 5.73 Å².